The number of amides is 3. The minimum atomic E-state index is -0.371. The summed E-state index contributed by atoms with van der Waals surface area (Å²) < 4.78 is 5.12. The Balaban J connectivity index is 1.36. The quantitative estimate of drug-likeness (QED) is 0.596. The average molecular weight is 433 g/mol. The molecule has 31 heavy (non-hydrogen) atoms. The minimum absolute atomic E-state index is 0.0872. The molecular weight excluding hydrogens is 414 g/mol. The molecule has 7 nitrogen and oxygen atoms in total. The van der Waals surface area contributed by atoms with Crippen molar-refractivity contribution < 1.29 is 19.1 Å². The van der Waals surface area contributed by atoms with Gasteiger partial charge in [0.05, 0.1) is 17.5 Å². The van der Waals surface area contributed by atoms with Crippen molar-refractivity contribution in [3.63, 3.8) is 0 Å². The molecular formula is C23H19N3O4S. The van der Waals surface area contributed by atoms with E-state index in [0.29, 0.717) is 10.7 Å². The van der Waals surface area contributed by atoms with Gasteiger partial charge < -0.3 is 10.1 Å². The highest BCUT2D eigenvalue weighted by Gasteiger charge is 2.34. The summed E-state index contributed by atoms with van der Waals surface area (Å²) in [6.45, 7) is 0.227. The average Bonchev–Trinajstić information content (AvgIpc) is 3.06. The number of hydrogen-bond acceptors (Lipinski definition) is 6. The number of fused-ring (bicyclic) bond motifs is 1. The van der Waals surface area contributed by atoms with Crippen molar-refractivity contribution in [1.29, 1.82) is 0 Å². The van der Waals surface area contributed by atoms with E-state index in [2.05, 4.69) is 10.3 Å². The maximum Gasteiger partial charge on any atom is 0.293 e. The number of para-hydroxylation sites is 1. The Hall–Kier alpha value is -3.65. The highest BCUT2D eigenvalue weighted by molar-refractivity contribution is 8.18. The van der Waals surface area contributed by atoms with Crippen LogP contribution in [-0.4, -0.2) is 47.1 Å². The van der Waals surface area contributed by atoms with E-state index < -0.39 is 0 Å². The molecule has 1 aliphatic rings. The van der Waals surface area contributed by atoms with Crippen molar-refractivity contribution in [2.75, 3.05) is 20.2 Å². The van der Waals surface area contributed by atoms with Crippen LogP contribution in [0, 0.1) is 0 Å². The van der Waals surface area contributed by atoms with Crippen LogP contribution in [0.1, 0.15) is 16.1 Å². The fourth-order valence-corrected chi connectivity index (χ4v) is 3.97. The largest absolute Gasteiger partial charge is 0.497 e. The van der Waals surface area contributed by atoms with Gasteiger partial charge in [-0.1, -0.05) is 36.4 Å². The molecule has 3 amide bonds. The van der Waals surface area contributed by atoms with Gasteiger partial charge in [0, 0.05) is 18.5 Å². The van der Waals surface area contributed by atoms with Crippen LogP contribution in [-0.2, 0) is 4.79 Å². The first kappa shape index (κ1) is 20.6. The van der Waals surface area contributed by atoms with Crippen LogP contribution in [0.4, 0.5) is 4.79 Å². The Labute approximate surface area is 183 Å². The summed E-state index contributed by atoms with van der Waals surface area (Å²) in [5, 5.41) is 3.31. The lowest BCUT2D eigenvalue weighted by atomic mass is 10.2. The Bertz CT molecular complexity index is 1190. The molecule has 4 rings (SSSR count). The van der Waals surface area contributed by atoms with E-state index in [0.717, 1.165) is 33.1 Å². The number of methoxy groups -OCH3 is 1. The predicted molar refractivity (Wildman–Crippen MR) is 120 cm³/mol. The molecule has 1 aromatic heterocycles. The maximum atomic E-state index is 12.6. The van der Waals surface area contributed by atoms with Gasteiger partial charge in [0.1, 0.15) is 11.4 Å². The summed E-state index contributed by atoms with van der Waals surface area (Å²) >= 11 is 0.885. The van der Waals surface area contributed by atoms with Crippen LogP contribution in [0.5, 0.6) is 5.75 Å². The number of nitrogens with zero attached hydrogens (tertiary/aromatic N) is 2. The Morgan fingerprint density at radius 1 is 1.10 bits per heavy atom. The van der Waals surface area contributed by atoms with E-state index in [-0.39, 0.29) is 35.8 Å². The van der Waals surface area contributed by atoms with Crippen LogP contribution in [0.15, 0.2) is 65.6 Å². The van der Waals surface area contributed by atoms with E-state index in [9.17, 15) is 14.4 Å². The molecule has 2 heterocycles. The van der Waals surface area contributed by atoms with Crippen molar-refractivity contribution >= 4 is 45.8 Å². The zero-order valence-electron chi connectivity index (χ0n) is 16.7. The number of imide groups is 1. The molecule has 2 aromatic carbocycles. The predicted octanol–water partition coefficient (Wildman–Crippen LogP) is 3.71. The summed E-state index contributed by atoms with van der Waals surface area (Å²) in [4.78, 5) is 43.1. The Morgan fingerprint density at radius 3 is 2.65 bits per heavy atom. The van der Waals surface area contributed by atoms with Crippen LogP contribution in [0.2, 0.25) is 0 Å². The molecule has 0 saturated carbocycles. The lowest BCUT2D eigenvalue weighted by Gasteiger charge is -2.13. The van der Waals surface area contributed by atoms with E-state index in [1.165, 1.54) is 0 Å². The zero-order chi connectivity index (χ0) is 21.8. The van der Waals surface area contributed by atoms with Crippen molar-refractivity contribution in [3.05, 3.63) is 76.8 Å². The molecule has 0 bridgehead atoms. The molecule has 0 unspecified atom stereocenters. The number of thioether (sulfide) groups is 1. The molecule has 3 aromatic rings. The molecule has 156 valence electrons. The maximum absolute atomic E-state index is 12.6. The number of carbonyl (C=O) groups excluding carboxylic acids is 3. The van der Waals surface area contributed by atoms with Crippen molar-refractivity contribution in [2.24, 2.45) is 0 Å². The highest BCUT2D eigenvalue weighted by atomic mass is 32.2. The second-order valence-corrected chi connectivity index (χ2v) is 7.74. The standard InChI is InChI=1S/C23H19N3O4S/c1-30-17-9-6-15(7-10-17)14-20-22(28)26(23(29)31-20)13-12-24-21(27)19-11-8-16-4-2-3-5-18(16)25-19/h2-11,14H,12-13H2,1H3,(H,24,27). The monoisotopic (exact) mass is 433 g/mol. The second-order valence-electron chi connectivity index (χ2n) is 6.75. The van der Waals surface area contributed by atoms with Crippen LogP contribution in [0.3, 0.4) is 0 Å². The number of benzene rings is 2. The Morgan fingerprint density at radius 2 is 1.87 bits per heavy atom. The third-order valence-electron chi connectivity index (χ3n) is 4.74. The van der Waals surface area contributed by atoms with Gasteiger partial charge >= 0.3 is 0 Å². The van der Waals surface area contributed by atoms with Crippen molar-refractivity contribution in [1.82, 2.24) is 15.2 Å². The van der Waals surface area contributed by atoms with Gasteiger partial charge in [-0.2, -0.15) is 0 Å². The first-order valence-corrected chi connectivity index (χ1v) is 10.4. The third-order valence-corrected chi connectivity index (χ3v) is 5.65. The number of nitrogens with one attached hydrogen (secondary N) is 1. The van der Waals surface area contributed by atoms with Gasteiger partial charge in [-0.05, 0) is 47.7 Å². The van der Waals surface area contributed by atoms with E-state index >= 15 is 0 Å². The fourth-order valence-electron chi connectivity index (χ4n) is 3.11. The number of ether oxygens (including phenoxy) is 1. The number of rotatable bonds is 6. The minimum Gasteiger partial charge on any atom is -0.497 e. The number of carbonyl (C=O) groups is 3. The first-order valence-electron chi connectivity index (χ1n) is 9.58. The topological polar surface area (TPSA) is 88.6 Å². The van der Waals surface area contributed by atoms with Crippen LogP contribution < -0.4 is 10.1 Å². The number of aromatic nitrogens is 1. The summed E-state index contributed by atoms with van der Waals surface area (Å²) in [6.07, 6.45) is 1.67. The molecule has 0 radical (unpaired) electrons. The fraction of sp³-hybridized carbons (Fsp3) is 0.130. The first-order chi connectivity index (χ1) is 15.0. The summed E-state index contributed by atoms with van der Waals surface area (Å²) in [5.74, 6) is -0.0164. The van der Waals surface area contributed by atoms with Crippen molar-refractivity contribution in [3.8, 4) is 5.75 Å². The normalized spacial score (nSPS) is 15.0. The molecule has 0 atom stereocenters. The van der Waals surface area contributed by atoms with Gasteiger partial charge in [0.25, 0.3) is 17.1 Å². The van der Waals surface area contributed by atoms with Gasteiger partial charge in [-0.25, -0.2) is 4.98 Å². The second kappa shape index (κ2) is 9.01. The molecule has 0 aliphatic carbocycles. The smallest absolute Gasteiger partial charge is 0.293 e. The molecule has 1 fully saturated rings. The third kappa shape index (κ3) is 4.59. The molecule has 8 heteroatoms. The SMILES string of the molecule is COc1ccc(C=C2SC(=O)N(CCNC(=O)c3ccc4ccccc4n3)C2=O)cc1. The highest BCUT2D eigenvalue weighted by Crippen LogP contribution is 2.32. The molecule has 0 spiro atoms. The van der Waals surface area contributed by atoms with E-state index in [4.69, 9.17) is 4.74 Å². The van der Waals surface area contributed by atoms with Gasteiger partial charge in [-0.3, -0.25) is 19.3 Å². The van der Waals surface area contributed by atoms with Gasteiger partial charge in [0.2, 0.25) is 0 Å². The van der Waals surface area contributed by atoms with E-state index in [1.54, 1.807) is 31.4 Å². The van der Waals surface area contributed by atoms with E-state index in [1.807, 2.05) is 42.5 Å². The lowest BCUT2D eigenvalue weighted by Crippen LogP contribution is -2.37. The molecule has 1 saturated heterocycles. The zero-order valence-corrected chi connectivity index (χ0v) is 17.5. The van der Waals surface area contributed by atoms with Gasteiger partial charge in [-0.15, -0.1) is 0 Å². The Kier molecular flexibility index (Phi) is 5.99. The van der Waals surface area contributed by atoms with Crippen molar-refractivity contribution in [2.45, 2.75) is 0 Å². The molecule has 1 N–H and O–H groups in total. The number of pyridine rings is 1. The van der Waals surface area contributed by atoms with Crippen LogP contribution >= 0.6 is 11.8 Å². The summed E-state index contributed by atoms with van der Waals surface area (Å²) in [6, 6.07) is 18.2. The summed E-state index contributed by atoms with van der Waals surface area (Å²) in [5.41, 5.74) is 1.80. The lowest BCUT2D eigenvalue weighted by molar-refractivity contribution is -0.122. The number of hydrogen-bond donors (Lipinski definition) is 1. The van der Waals surface area contributed by atoms with Gasteiger partial charge in [0.15, 0.2) is 0 Å². The van der Waals surface area contributed by atoms with Crippen LogP contribution in [0.25, 0.3) is 17.0 Å². The summed E-state index contributed by atoms with van der Waals surface area (Å²) in [7, 11) is 1.58. The molecule has 1 aliphatic heterocycles.